The van der Waals surface area contributed by atoms with E-state index in [9.17, 15) is 9.18 Å². The first kappa shape index (κ1) is 21.6. The number of pyridine rings is 1. The number of carbonyl (C=O) groups is 1. The van der Waals surface area contributed by atoms with Crippen molar-refractivity contribution in [2.24, 2.45) is 0 Å². The van der Waals surface area contributed by atoms with Gasteiger partial charge in [0.05, 0.1) is 11.2 Å². The summed E-state index contributed by atoms with van der Waals surface area (Å²) in [6.07, 6.45) is 0. The second-order valence-corrected chi connectivity index (χ2v) is 8.25. The lowest BCUT2D eigenvalue weighted by atomic mass is 10.1. The van der Waals surface area contributed by atoms with Gasteiger partial charge in [0, 0.05) is 37.4 Å². The van der Waals surface area contributed by atoms with Crippen LogP contribution in [0.5, 0.6) is 0 Å². The van der Waals surface area contributed by atoms with Crippen LogP contribution in [0.15, 0.2) is 60.7 Å². The van der Waals surface area contributed by atoms with Gasteiger partial charge in [-0.15, -0.1) is 0 Å². The van der Waals surface area contributed by atoms with Crippen LogP contribution in [0.3, 0.4) is 0 Å². The summed E-state index contributed by atoms with van der Waals surface area (Å²) in [4.78, 5) is 30.1. The van der Waals surface area contributed by atoms with Crippen LogP contribution in [0.25, 0.3) is 22.3 Å². The minimum atomic E-state index is -0.300. The molecule has 4 aromatic rings. The number of nitrogens with zero attached hydrogens (tertiary/aromatic N) is 5. The number of hydrogen-bond donors (Lipinski definition) is 2. The number of anilines is 3. The zero-order chi connectivity index (χ0) is 23.7. The smallest absolute Gasteiger partial charge is 0.321 e. The number of nitrogens with one attached hydrogen (secondary N) is 1. The molecule has 1 saturated heterocycles. The molecule has 172 valence electrons. The van der Waals surface area contributed by atoms with Crippen LogP contribution in [-0.2, 0) is 0 Å². The molecule has 34 heavy (non-hydrogen) atoms. The number of aromatic nitrogens is 3. The fraction of sp³-hybridized carbons (Fsp3) is 0.200. The Hall–Kier alpha value is -4.27. The van der Waals surface area contributed by atoms with Crippen LogP contribution >= 0.6 is 0 Å². The summed E-state index contributed by atoms with van der Waals surface area (Å²) < 4.78 is 13.3. The fourth-order valence-electron chi connectivity index (χ4n) is 4.07. The van der Waals surface area contributed by atoms with Crippen LogP contribution < -0.4 is 16.0 Å². The lowest BCUT2D eigenvalue weighted by Gasteiger charge is -2.35. The van der Waals surface area contributed by atoms with Gasteiger partial charge in [0.25, 0.3) is 0 Å². The average molecular weight is 458 g/mol. The highest BCUT2D eigenvalue weighted by Crippen LogP contribution is 2.27. The highest BCUT2D eigenvalue weighted by molar-refractivity contribution is 5.90. The molecule has 1 aliphatic heterocycles. The maximum Gasteiger partial charge on any atom is 0.321 e. The number of halogens is 1. The fourth-order valence-corrected chi connectivity index (χ4v) is 4.07. The van der Waals surface area contributed by atoms with Crippen molar-refractivity contribution in [3.05, 3.63) is 72.0 Å². The molecular weight excluding hydrogens is 433 g/mol. The quantitative estimate of drug-likeness (QED) is 0.481. The molecule has 0 aliphatic carbocycles. The summed E-state index contributed by atoms with van der Waals surface area (Å²) in [6.45, 7) is 4.20. The molecule has 0 bridgehead atoms. The van der Waals surface area contributed by atoms with Crippen LogP contribution in [0, 0.1) is 12.7 Å². The largest absolute Gasteiger partial charge is 0.368 e. The normalized spacial score (nSPS) is 13.8. The highest BCUT2D eigenvalue weighted by atomic mass is 19.1. The van der Waals surface area contributed by atoms with E-state index in [0.29, 0.717) is 48.7 Å². The van der Waals surface area contributed by atoms with Crippen LogP contribution in [0.2, 0.25) is 0 Å². The summed E-state index contributed by atoms with van der Waals surface area (Å²) >= 11 is 0. The Bertz CT molecular complexity index is 1350. The molecule has 0 saturated carbocycles. The summed E-state index contributed by atoms with van der Waals surface area (Å²) in [5, 5.41) is 2.96. The number of fused-ring (bicyclic) bond motifs is 1. The summed E-state index contributed by atoms with van der Waals surface area (Å²) in [5.41, 5.74) is 10.6. The summed E-state index contributed by atoms with van der Waals surface area (Å²) in [6, 6.07) is 17.4. The molecule has 2 amide bonds. The third-order valence-electron chi connectivity index (χ3n) is 5.82. The van der Waals surface area contributed by atoms with Gasteiger partial charge in [0.2, 0.25) is 5.95 Å². The van der Waals surface area contributed by atoms with E-state index in [1.54, 1.807) is 17.0 Å². The SMILES string of the molecule is Cc1cccc(NC(=O)N2CCN(c3nc(N)nc4ccc(-c5ccc(F)cc5)nc34)CC2)c1. The standard InChI is InChI=1S/C25H24FN7O/c1-16-3-2-4-19(15-16)28-25(34)33-13-11-32(12-14-33)23-22-21(30-24(27)31-23)10-9-20(29-22)17-5-7-18(26)8-6-17/h2-10,15H,11-14H2,1H3,(H,28,34)(H2,27,30,31). The number of rotatable bonds is 3. The Balaban J connectivity index is 1.36. The molecule has 3 heterocycles. The van der Waals surface area contributed by atoms with E-state index in [1.807, 2.05) is 43.3 Å². The summed E-state index contributed by atoms with van der Waals surface area (Å²) in [5.74, 6) is 0.495. The van der Waals surface area contributed by atoms with Crippen molar-refractivity contribution in [1.29, 1.82) is 0 Å². The Morgan fingerprint density at radius 2 is 1.74 bits per heavy atom. The van der Waals surface area contributed by atoms with E-state index in [4.69, 9.17) is 10.7 Å². The monoisotopic (exact) mass is 457 g/mol. The van der Waals surface area contributed by atoms with Gasteiger partial charge in [0.15, 0.2) is 5.82 Å². The Morgan fingerprint density at radius 1 is 0.971 bits per heavy atom. The average Bonchev–Trinajstić information content (AvgIpc) is 2.84. The molecular formula is C25H24FN7O. The molecule has 1 fully saturated rings. The number of nitrogen functional groups attached to an aromatic ring is 1. The third kappa shape index (κ3) is 4.45. The first-order valence-electron chi connectivity index (χ1n) is 11.0. The molecule has 2 aromatic heterocycles. The molecule has 2 aromatic carbocycles. The van der Waals surface area contributed by atoms with Crippen LogP contribution in [0.4, 0.5) is 26.6 Å². The minimum Gasteiger partial charge on any atom is -0.368 e. The van der Waals surface area contributed by atoms with E-state index in [0.717, 1.165) is 16.8 Å². The second kappa shape index (κ2) is 8.93. The first-order valence-corrected chi connectivity index (χ1v) is 11.0. The maximum absolute atomic E-state index is 13.3. The third-order valence-corrected chi connectivity index (χ3v) is 5.82. The van der Waals surface area contributed by atoms with Gasteiger partial charge in [-0.2, -0.15) is 4.98 Å². The van der Waals surface area contributed by atoms with Gasteiger partial charge < -0.3 is 20.9 Å². The predicted octanol–water partition coefficient (Wildman–Crippen LogP) is 4.08. The molecule has 1 aliphatic rings. The summed E-state index contributed by atoms with van der Waals surface area (Å²) in [7, 11) is 0. The number of amides is 2. The number of aryl methyl sites for hydroxylation is 1. The lowest BCUT2D eigenvalue weighted by Crippen LogP contribution is -2.50. The Kier molecular flexibility index (Phi) is 5.67. The number of piperazine rings is 1. The highest BCUT2D eigenvalue weighted by Gasteiger charge is 2.24. The molecule has 9 heteroatoms. The van der Waals surface area contributed by atoms with Crippen LogP contribution in [-0.4, -0.2) is 52.1 Å². The molecule has 5 rings (SSSR count). The Morgan fingerprint density at radius 3 is 2.47 bits per heavy atom. The van der Waals surface area contributed by atoms with Crippen molar-refractivity contribution < 1.29 is 9.18 Å². The zero-order valence-corrected chi connectivity index (χ0v) is 18.7. The molecule has 3 N–H and O–H groups in total. The number of urea groups is 1. The van der Waals surface area contributed by atoms with Gasteiger partial charge in [0.1, 0.15) is 11.3 Å². The van der Waals surface area contributed by atoms with E-state index in [-0.39, 0.29) is 17.8 Å². The molecule has 8 nitrogen and oxygen atoms in total. The predicted molar refractivity (Wildman–Crippen MR) is 131 cm³/mol. The van der Waals surface area contributed by atoms with Gasteiger partial charge in [-0.1, -0.05) is 12.1 Å². The van der Waals surface area contributed by atoms with Crippen molar-refractivity contribution in [2.75, 3.05) is 42.1 Å². The van der Waals surface area contributed by atoms with Crippen molar-refractivity contribution >= 4 is 34.5 Å². The number of benzene rings is 2. The first-order chi connectivity index (χ1) is 16.5. The van der Waals surface area contributed by atoms with Gasteiger partial charge in [-0.25, -0.2) is 19.2 Å². The van der Waals surface area contributed by atoms with Crippen LogP contribution in [0.1, 0.15) is 5.56 Å². The van der Waals surface area contributed by atoms with Crippen molar-refractivity contribution in [3.63, 3.8) is 0 Å². The van der Waals surface area contributed by atoms with E-state index in [2.05, 4.69) is 20.2 Å². The van der Waals surface area contributed by atoms with Gasteiger partial charge in [-0.3, -0.25) is 0 Å². The van der Waals surface area contributed by atoms with Gasteiger partial charge in [-0.05, 0) is 61.0 Å². The topological polar surface area (TPSA) is 100 Å². The zero-order valence-electron chi connectivity index (χ0n) is 18.7. The van der Waals surface area contributed by atoms with E-state index < -0.39 is 0 Å². The molecule has 0 unspecified atom stereocenters. The number of carbonyl (C=O) groups excluding carboxylic acids is 1. The second-order valence-electron chi connectivity index (χ2n) is 8.25. The molecule has 0 spiro atoms. The van der Waals surface area contributed by atoms with Crippen molar-refractivity contribution in [1.82, 2.24) is 19.9 Å². The van der Waals surface area contributed by atoms with Crippen molar-refractivity contribution in [3.8, 4) is 11.3 Å². The maximum atomic E-state index is 13.3. The minimum absolute atomic E-state index is 0.131. The van der Waals surface area contributed by atoms with E-state index in [1.165, 1.54) is 12.1 Å². The molecule has 0 atom stereocenters. The number of nitrogens with two attached hydrogens (primary N) is 1. The van der Waals surface area contributed by atoms with Crippen molar-refractivity contribution in [2.45, 2.75) is 6.92 Å². The molecule has 0 radical (unpaired) electrons. The number of hydrogen-bond acceptors (Lipinski definition) is 6. The lowest BCUT2D eigenvalue weighted by molar-refractivity contribution is 0.208. The van der Waals surface area contributed by atoms with E-state index >= 15 is 0 Å². The van der Waals surface area contributed by atoms with Gasteiger partial charge >= 0.3 is 6.03 Å². The Labute approximate surface area is 196 Å².